The molecule has 5 atom stereocenters. The molecular weight excluding hydrogens is 328 g/mol. The predicted octanol–water partition coefficient (Wildman–Crippen LogP) is 2.57. The highest BCUT2D eigenvalue weighted by Crippen LogP contribution is 2.59. The van der Waals surface area contributed by atoms with Crippen LogP contribution >= 0.6 is 0 Å². The van der Waals surface area contributed by atoms with Crippen LogP contribution in [0.2, 0.25) is 0 Å². The van der Waals surface area contributed by atoms with Gasteiger partial charge >= 0.3 is 5.97 Å². The summed E-state index contributed by atoms with van der Waals surface area (Å²) in [6, 6.07) is 8.61. The zero-order valence-electron chi connectivity index (χ0n) is 15.2. The average Bonchev–Trinajstić information content (AvgIpc) is 3.06. The van der Waals surface area contributed by atoms with Crippen molar-refractivity contribution >= 4 is 16.9 Å². The molecule has 6 rings (SSSR count). The molecule has 4 aliphatic rings. The number of aromatic nitrogens is 1. The molecule has 1 aromatic carbocycles. The summed E-state index contributed by atoms with van der Waals surface area (Å²) in [6.45, 7) is 2.72. The van der Waals surface area contributed by atoms with Crippen LogP contribution in [-0.2, 0) is 16.0 Å². The Balaban J connectivity index is 1.73. The number of aromatic amines is 1. The summed E-state index contributed by atoms with van der Waals surface area (Å²) in [6.07, 6.45) is 3.72. The number of rotatable bonds is 2. The number of allylic oxidation sites excluding steroid dienone is 1. The van der Waals surface area contributed by atoms with Crippen LogP contribution in [-0.4, -0.2) is 47.3 Å². The third kappa shape index (κ3) is 1.75. The van der Waals surface area contributed by atoms with Crippen molar-refractivity contribution in [3.05, 3.63) is 47.2 Å². The number of esters is 1. The second kappa shape index (κ2) is 5.44. The molecule has 0 amide bonds. The van der Waals surface area contributed by atoms with Gasteiger partial charge in [-0.05, 0) is 31.4 Å². The van der Waals surface area contributed by atoms with Gasteiger partial charge in [0.1, 0.15) is 5.41 Å². The maximum atomic E-state index is 12.9. The van der Waals surface area contributed by atoms with E-state index in [9.17, 15) is 9.90 Å². The zero-order valence-corrected chi connectivity index (χ0v) is 15.2. The molecule has 3 fully saturated rings. The van der Waals surface area contributed by atoms with E-state index in [4.69, 9.17) is 4.74 Å². The number of fused-ring (bicyclic) bond motifs is 4. The standard InChI is InChI=1S/C21H24N2O3/c1-3-12-10-23-17-9-15(12)21(11-24,20(25)26-2)18(23)8-14-13-6-4-5-7-16(13)22-19(14)17/h3-7,15,17-18,22,24H,8-11H2,1-2H3/b12-3+/t15-,17-,18-,21+/m0/s1. The van der Waals surface area contributed by atoms with Crippen LogP contribution in [0.5, 0.6) is 0 Å². The number of aliphatic hydroxyl groups is 1. The van der Waals surface area contributed by atoms with Gasteiger partial charge in [0.25, 0.3) is 0 Å². The van der Waals surface area contributed by atoms with Crippen LogP contribution in [0.3, 0.4) is 0 Å². The number of carbonyl (C=O) groups is 1. The number of hydrogen-bond donors (Lipinski definition) is 2. The Morgan fingerprint density at radius 1 is 1.46 bits per heavy atom. The fourth-order valence-electron chi connectivity index (χ4n) is 5.88. The normalized spacial score (nSPS) is 36.3. The lowest BCUT2D eigenvalue weighted by atomic mass is 9.55. The molecule has 5 heteroatoms. The predicted molar refractivity (Wildman–Crippen MR) is 98.6 cm³/mol. The van der Waals surface area contributed by atoms with Crippen molar-refractivity contribution < 1.29 is 14.6 Å². The quantitative estimate of drug-likeness (QED) is 0.644. The number of H-pyrrole nitrogens is 1. The number of piperidine rings is 3. The molecule has 136 valence electrons. The smallest absolute Gasteiger partial charge is 0.316 e. The second-order valence-electron chi connectivity index (χ2n) is 7.81. The maximum Gasteiger partial charge on any atom is 0.316 e. The largest absolute Gasteiger partial charge is 0.468 e. The van der Waals surface area contributed by atoms with Crippen LogP contribution in [0.1, 0.15) is 30.6 Å². The van der Waals surface area contributed by atoms with E-state index < -0.39 is 5.41 Å². The van der Waals surface area contributed by atoms with Crippen LogP contribution < -0.4 is 0 Å². The summed E-state index contributed by atoms with van der Waals surface area (Å²) in [7, 11) is 1.43. The van der Waals surface area contributed by atoms with Crippen molar-refractivity contribution in [3.8, 4) is 0 Å². The van der Waals surface area contributed by atoms with Gasteiger partial charge in [-0.3, -0.25) is 9.69 Å². The Bertz CT molecular complexity index is 930. The highest BCUT2D eigenvalue weighted by atomic mass is 16.5. The molecule has 2 aromatic rings. The number of nitrogens with one attached hydrogen (secondary N) is 1. The molecule has 0 aliphatic carbocycles. The molecule has 2 N–H and O–H groups in total. The first kappa shape index (κ1) is 16.1. The van der Waals surface area contributed by atoms with E-state index in [1.165, 1.54) is 29.3 Å². The first-order valence-electron chi connectivity index (χ1n) is 9.35. The van der Waals surface area contributed by atoms with Gasteiger partial charge in [0.2, 0.25) is 0 Å². The molecule has 0 saturated carbocycles. The van der Waals surface area contributed by atoms with E-state index in [2.05, 4.69) is 34.2 Å². The molecule has 4 bridgehead atoms. The van der Waals surface area contributed by atoms with Crippen LogP contribution in [0, 0.1) is 11.3 Å². The molecule has 1 aromatic heterocycles. The fraction of sp³-hybridized carbons (Fsp3) is 0.476. The monoisotopic (exact) mass is 352 g/mol. The Kier molecular flexibility index (Phi) is 3.37. The van der Waals surface area contributed by atoms with E-state index in [1.54, 1.807) is 0 Å². The fourth-order valence-corrected chi connectivity index (χ4v) is 5.88. The first-order chi connectivity index (χ1) is 12.7. The third-order valence-electron chi connectivity index (χ3n) is 7.06. The molecule has 26 heavy (non-hydrogen) atoms. The van der Waals surface area contributed by atoms with Gasteiger partial charge in [0.05, 0.1) is 19.8 Å². The van der Waals surface area contributed by atoms with Crippen molar-refractivity contribution in [3.63, 3.8) is 0 Å². The summed E-state index contributed by atoms with van der Waals surface area (Å²) in [5, 5.41) is 11.7. The summed E-state index contributed by atoms with van der Waals surface area (Å²) in [5.41, 5.74) is 4.12. The summed E-state index contributed by atoms with van der Waals surface area (Å²) >= 11 is 0. The van der Waals surface area contributed by atoms with Crippen molar-refractivity contribution in [2.75, 3.05) is 20.3 Å². The number of nitrogens with zero attached hydrogens (tertiary/aromatic N) is 1. The van der Waals surface area contributed by atoms with Crippen LogP contribution in [0.4, 0.5) is 0 Å². The van der Waals surface area contributed by atoms with Crippen molar-refractivity contribution in [1.29, 1.82) is 0 Å². The Labute approximate surface area is 152 Å². The van der Waals surface area contributed by atoms with Crippen molar-refractivity contribution in [2.24, 2.45) is 11.3 Å². The van der Waals surface area contributed by atoms with Gasteiger partial charge < -0.3 is 14.8 Å². The number of aliphatic hydroxyl groups excluding tert-OH is 1. The number of carbonyl (C=O) groups excluding carboxylic acids is 1. The van der Waals surface area contributed by atoms with Crippen LogP contribution in [0.25, 0.3) is 10.9 Å². The molecule has 0 spiro atoms. The van der Waals surface area contributed by atoms with Gasteiger partial charge in [0, 0.05) is 35.1 Å². The van der Waals surface area contributed by atoms with E-state index in [0.29, 0.717) is 0 Å². The lowest BCUT2D eigenvalue weighted by Gasteiger charge is -2.62. The Morgan fingerprint density at radius 2 is 2.27 bits per heavy atom. The minimum Gasteiger partial charge on any atom is -0.468 e. The first-order valence-corrected chi connectivity index (χ1v) is 9.35. The molecule has 1 unspecified atom stereocenters. The van der Waals surface area contributed by atoms with Crippen molar-refractivity contribution in [1.82, 2.24) is 9.88 Å². The van der Waals surface area contributed by atoms with Crippen LogP contribution in [0.15, 0.2) is 35.9 Å². The molecule has 5 nitrogen and oxygen atoms in total. The number of ether oxygens (including phenoxy) is 1. The molecule has 0 radical (unpaired) electrons. The molecule has 5 heterocycles. The van der Waals surface area contributed by atoms with Gasteiger partial charge in [-0.1, -0.05) is 29.8 Å². The van der Waals surface area contributed by atoms with E-state index in [0.717, 1.165) is 24.9 Å². The van der Waals surface area contributed by atoms with E-state index in [-0.39, 0.29) is 30.6 Å². The topological polar surface area (TPSA) is 65.6 Å². The number of benzene rings is 1. The molecular formula is C21H24N2O3. The minimum atomic E-state index is -0.874. The zero-order chi connectivity index (χ0) is 18.1. The van der Waals surface area contributed by atoms with Gasteiger partial charge in [0.15, 0.2) is 0 Å². The maximum absolute atomic E-state index is 12.9. The highest BCUT2D eigenvalue weighted by molar-refractivity contribution is 5.86. The van der Waals surface area contributed by atoms with Gasteiger partial charge in [-0.15, -0.1) is 0 Å². The average molecular weight is 352 g/mol. The number of para-hydroxylation sites is 1. The van der Waals surface area contributed by atoms with E-state index >= 15 is 0 Å². The lowest BCUT2D eigenvalue weighted by molar-refractivity contribution is -0.183. The SMILES string of the molecule is C/C=C1\CN2[C@H]3Cc4c([nH]c5ccccc45)[C@@H]2C[C@@H]1[C@@]3(CO)C(=O)OC. The number of hydrogen-bond acceptors (Lipinski definition) is 4. The summed E-state index contributed by atoms with van der Waals surface area (Å²) in [4.78, 5) is 19.0. The third-order valence-corrected chi connectivity index (χ3v) is 7.06. The Morgan fingerprint density at radius 3 is 3.00 bits per heavy atom. The molecule has 4 aliphatic heterocycles. The summed E-state index contributed by atoms with van der Waals surface area (Å²) < 4.78 is 5.22. The van der Waals surface area contributed by atoms with E-state index in [1.807, 2.05) is 13.0 Å². The van der Waals surface area contributed by atoms with Gasteiger partial charge in [-0.25, -0.2) is 0 Å². The van der Waals surface area contributed by atoms with Crippen molar-refractivity contribution in [2.45, 2.75) is 31.8 Å². The molecule has 3 saturated heterocycles. The highest BCUT2D eigenvalue weighted by Gasteiger charge is 2.64. The van der Waals surface area contributed by atoms with Gasteiger partial charge in [-0.2, -0.15) is 0 Å². The summed E-state index contributed by atoms with van der Waals surface area (Å²) in [5.74, 6) is -0.245. The lowest BCUT2D eigenvalue weighted by Crippen LogP contribution is -2.69. The second-order valence-corrected chi connectivity index (χ2v) is 7.81. The minimum absolute atomic E-state index is 0.0286. The number of methoxy groups -OCH3 is 1. The Hall–Kier alpha value is -2.11.